The maximum absolute atomic E-state index is 5.90. The number of nitrogens with zero attached hydrogens (tertiary/aromatic N) is 1. The Kier molecular flexibility index (Phi) is 3.70. The number of hydrogen-bond acceptors (Lipinski definition) is 3. The van der Waals surface area contributed by atoms with Gasteiger partial charge >= 0.3 is 0 Å². The minimum atomic E-state index is -0.573. The second kappa shape index (κ2) is 5.09. The van der Waals surface area contributed by atoms with E-state index < -0.39 is 5.41 Å². The summed E-state index contributed by atoms with van der Waals surface area (Å²) in [5.41, 5.74) is 7.00. The summed E-state index contributed by atoms with van der Waals surface area (Å²) in [5, 5.41) is 1.25. The van der Waals surface area contributed by atoms with Gasteiger partial charge in [-0.25, -0.2) is 4.99 Å². The van der Waals surface area contributed by atoms with Crippen LogP contribution in [0.5, 0.6) is 0 Å². The zero-order valence-corrected chi connectivity index (χ0v) is 11.6. The predicted molar refractivity (Wildman–Crippen MR) is 79.8 cm³/mol. The molecule has 0 saturated heterocycles. The summed E-state index contributed by atoms with van der Waals surface area (Å²) in [7, 11) is 0. The first-order valence-electron chi connectivity index (χ1n) is 5.47. The fourth-order valence-corrected chi connectivity index (χ4v) is 2.51. The van der Waals surface area contributed by atoms with Crippen molar-refractivity contribution >= 4 is 28.5 Å². The van der Waals surface area contributed by atoms with Crippen molar-refractivity contribution in [1.82, 2.24) is 0 Å². The zero-order valence-electron chi connectivity index (χ0n) is 9.98. The van der Waals surface area contributed by atoms with E-state index >= 15 is 0 Å². The van der Waals surface area contributed by atoms with E-state index in [0.29, 0.717) is 10.2 Å². The molecule has 1 aromatic rings. The summed E-state index contributed by atoms with van der Waals surface area (Å²) < 4.78 is 0. The summed E-state index contributed by atoms with van der Waals surface area (Å²) in [5.74, 6) is 3.62. The summed E-state index contributed by atoms with van der Waals surface area (Å²) in [6, 6.07) is 7.52. The van der Waals surface area contributed by atoms with E-state index in [4.69, 9.17) is 23.8 Å². The molecule has 18 heavy (non-hydrogen) atoms. The number of terminal acetylenes is 1. The average molecular weight is 277 g/mol. The van der Waals surface area contributed by atoms with Gasteiger partial charge in [-0.2, -0.15) is 0 Å². The Balaban J connectivity index is 2.46. The Morgan fingerprint density at radius 2 is 2.11 bits per heavy atom. The molecule has 92 valence electrons. The Morgan fingerprint density at radius 3 is 2.67 bits per heavy atom. The van der Waals surface area contributed by atoms with E-state index in [9.17, 15) is 0 Å². The van der Waals surface area contributed by atoms with E-state index in [-0.39, 0.29) is 0 Å². The first kappa shape index (κ1) is 13.1. The predicted octanol–water partition coefficient (Wildman–Crippen LogP) is 3.18. The van der Waals surface area contributed by atoms with Gasteiger partial charge in [0.05, 0.1) is 11.1 Å². The van der Waals surface area contributed by atoms with Gasteiger partial charge in [-0.1, -0.05) is 47.5 Å². The number of thioether (sulfide) groups is 1. The highest BCUT2D eigenvalue weighted by Gasteiger charge is 2.30. The lowest BCUT2D eigenvalue weighted by molar-refractivity contribution is 0.720. The monoisotopic (exact) mass is 276 g/mol. The Morgan fingerprint density at radius 1 is 1.44 bits per heavy atom. The smallest absolute Gasteiger partial charge is 0.159 e. The van der Waals surface area contributed by atoms with Crippen LogP contribution >= 0.6 is 23.4 Å². The number of aliphatic imine (C=N–C) groups is 1. The number of nitrogens with two attached hydrogens (primary N) is 1. The van der Waals surface area contributed by atoms with Crippen LogP contribution in [0.1, 0.15) is 12.5 Å². The largest absolute Gasteiger partial charge is 0.378 e. The van der Waals surface area contributed by atoms with Crippen molar-refractivity contribution in [3.05, 3.63) is 46.6 Å². The van der Waals surface area contributed by atoms with Crippen molar-refractivity contribution < 1.29 is 0 Å². The fourth-order valence-electron chi connectivity index (χ4n) is 1.81. The molecule has 2 N–H and O–H groups in total. The molecule has 2 rings (SSSR count). The van der Waals surface area contributed by atoms with Gasteiger partial charge in [-0.3, -0.25) is 0 Å². The maximum Gasteiger partial charge on any atom is 0.159 e. The van der Waals surface area contributed by atoms with E-state index in [1.165, 1.54) is 11.8 Å². The molecule has 4 heteroatoms. The highest BCUT2D eigenvalue weighted by Crippen LogP contribution is 2.34. The molecule has 0 amide bonds. The standard InChI is InChI=1S/C14H13ClN2S/c1-3-14(2,10-4-6-11(15)7-5-10)12-8-9-18-13(16)17-12/h1,4-8H,9H2,2H3,(H2,16,17). The van der Waals surface area contributed by atoms with Crippen molar-refractivity contribution in [3.63, 3.8) is 0 Å². The van der Waals surface area contributed by atoms with Crippen molar-refractivity contribution in [3.8, 4) is 12.3 Å². The van der Waals surface area contributed by atoms with Crippen LogP contribution in [0.2, 0.25) is 5.02 Å². The van der Waals surface area contributed by atoms with Gasteiger partial charge in [-0.05, 0) is 24.6 Å². The van der Waals surface area contributed by atoms with Gasteiger partial charge in [0, 0.05) is 10.8 Å². The molecule has 1 aromatic carbocycles. The van der Waals surface area contributed by atoms with Gasteiger partial charge in [-0.15, -0.1) is 6.42 Å². The van der Waals surface area contributed by atoms with Crippen LogP contribution in [0.15, 0.2) is 41.0 Å². The minimum absolute atomic E-state index is 0.558. The molecule has 0 aromatic heterocycles. The lowest BCUT2D eigenvalue weighted by Gasteiger charge is -2.26. The van der Waals surface area contributed by atoms with Crippen molar-refractivity contribution in [2.45, 2.75) is 12.3 Å². The van der Waals surface area contributed by atoms with Crippen LogP contribution in [0.4, 0.5) is 0 Å². The first-order chi connectivity index (χ1) is 8.56. The molecular formula is C14H13ClN2S. The van der Waals surface area contributed by atoms with E-state index in [0.717, 1.165) is 17.0 Å². The Hall–Kier alpha value is -1.37. The summed E-state index contributed by atoms with van der Waals surface area (Å²) in [6.07, 6.45) is 7.74. The van der Waals surface area contributed by atoms with Crippen LogP contribution in [0.25, 0.3) is 0 Å². The first-order valence-corrected chi connectivity index (χ1v) is 6.84. The topological polar surface area (TPSA) is 38.4 Å². The van der Waals surface area contributed by atoms with E-state index in [1.54, 1.807) is 0 Å². The number of allylic oxidation sites excluding steroid dienone is 1. The normalized spacial score (nSPS) is 18.3. The third-order valence-corrected chi connectivity index (χ3v) is 3.93. The lowest BCUT2D eigenvalue weighted by atomic mass is 9.80. The summed E-state index contributed by atoms with van der Waals surface area (Å²) in [4.78, 5) is 4.37. The second-order valence-corrected chi connectivity index (χ2v) is 5.60. The van der Waals surface area contributed by atoms with Crippen LogP contribution in [0.3, 0.4) is 0 Å². The Labute approximate surface area is 116 Å². The van der Waals surface area contributed by atoms with Crippen molar-refractivity contribution in [1.29, 1.82) is 0 Å². The molecule has 1 heterocycles. The number of rotatable bonds is 2. The van der Waals surface area contributed by atoms with Gasteiger partial charge in [0.15, 0.2) is 5.17 Å². The molecule has 1 aliphatic rings. The van der Waals surface area contributed by atoms with E-state index in [2.05, 4.69) is 10.9 Å². The Bertz CT molecular complexity index is 554. The van der Waals surface area contributed by atoms with Crippen LogP contribution in [-0.4, -0.2) is 10.9 Å². The molecule has 2 nitrogen and oxygen atoms in total. The van der Waals surface area contributed by atoms with E-state index in [1.807, 2.05) is 37.3 Å². The zero-order chi connectivity index (χ0) is 13.2. The molecule has 0 saturated carbocycles. The summed E-state index contributed by atoms with van der Waals surface area (Å²) in [6.45, 7) is 1.97. The molecule has 0 fully saturated rings. The molecule has 1 unspecified atom stereocenters. The number of halogens is 1. The van der Waals surface area contributed by atoms with Crippen LogP contribution in [0, 0.1) is 12.3 Å². The van der Waals surface area contributed by atoms with Crippen molar-refractivity contribution in [2.75, 3.05) is 5.75 Å². The van der Waals surface area contributed by atoms with Gasteiger partial charge in [0.25, 0.3) is 0 Å². The van der Waals surface area contributed by atoms with Gasteiger partial charge in [0.2, 0.25) is 0 Å². The SMILES string of the molecule is C#CC(C)(C1=CCSC(N)=N1)c1ccc(Cl)cc1. The maximum atomic E-state index is 5.90. The van der Waals surface area contributed by atoms with Crippen molar-refractivity contribution in [2.24, 2.45) is 10.7 Å². The quantitative estimate of drug-likeness (QED) is 0.843. The van der Waals surface area contributed by atoms with Crippen LogP contribution in [-0.2, 0) is 5.41 Å². The minimum Gasteiger partial charge on any atom is -0.378 e. The molecule has 0 aliphatic carbocycles. The lowest BCUT2D eigenvalue weighted by Crippen LogP contribution is -2.25. The molecular weight excluding hydrogens is 264 g/mol. The molecule has 0 bridgehead atoms. The third-order valence-electron chi connectivity index (χ3n) is 2.96. The average Bonchev–Trinajstić information content (AvgIpc) is 2.38. The molecule has 1 atom stereocenters. The molecule has 1 aliphatic heterocycles. The summed E-state index contributed by atoms with van der Waals surface area (Å²) >= 11 is 7.40. The number of benzene rings is 1. The number of amidine groups is 1. The van der Waals surface area contributed by atoms with Gasteiger partial charge < -0.3 is 5.73 Å². The third kappa shape index (κ3) is 2.40. The molecule has 0 spiro atoms. The number of hydrogen-bond donors (Lipinski definition) is 1. The highest BCUT2D eigenvalue weighted by atomic mass is 35.5. The fraction of sp³-hybridized carbons (Fsp3) is 0.214. The molecule has 0 radical (unpaired) electrons. The van der Waals surface area contributed by atoms with Crippen LogP contribution < -0.4 is 5.73 Å². The second-order valence-electron chi connectivity index (χ2n) is 4.13. The van der Waals surface area contributed by atoms with Gasteiger partial charge in [0.1, 0.15) is 0 Å². The highest BCUT2D eigenvalue weighted by molar-refractivity contribution is 8.13.